The van der Waals surface area contributed by atoms with E-state index in [9.17, 15) is 14.7 Å². The van der Waals surface area contributed by atoms with Crippen LogP contribution in [0.1, 0.15) is 17.5 Å². The molecule has 2 unspecified atom stereocenters. The number of nitrogens with one attached hydrogen (secondary N) is 1. The van der Waals surface area contributed by atoms with Crippen LogP contribution >= 0.6 is 11.3 Å². The quantitative estimate of drug-likeness (QED) is 0.498. The smallest absolute Gasteiger partial charge is 0.307 e. The SMILES string of the molecule is O=C(Nc1nc2ccc(C#Cc3ccccc3)cc2s1)[C@@H]1C2C=CC(C2)[C@@H]1C(=O)O. The molecule has 6 heteroatoms. The van der Waals surface area contributed by atoms with Crippen molar-refractivity contribution in [2.75, 3.05) is 5.32 Å². The summed E-state index contributed by atoms with van der Waals surface area (Å²) in [4.78, 5) is 29.0. The Morgan fingerprint density at radius 3 is 2.50 bits per heavy atom. The number of nitrogens with zero attached hydrogens (tertiary/aromatic N) is 1. The molecule has 0 spiro atoms. The van der Waals surface area contributed by atoms with Gasteiger partial charge in [-0.15, -0.1) is 0 Å². The van der Waals surface area contributed by atoms with Crippen molar-refractivity contribution in [2.45, 2.75) is 6.42 Å². The molecule has 2 aromatic carbocycles. The van der Waals surface area contributed by atoms with Gasteiger partial charge in [-0.25, -0.2) is 4.98 Å². The minimum atomic E-state index is -0.905. The molecule has 1 heterocycles. The van der Waals surface area contributed by atoms with Gasteiger partial charge in [0.25, 0.3) is 0 Å². The number of aliphatic carboxylic acids is 1. The van der Waals surface area contributed by atoms with Crippen LogP contribution in [0.25, 0.3) is 10.2 Å². The third-order valence-electron chi connectivity index (χ3n) is 5.79. The second-order valence-electron chi connectivity index (χ2n) is 7.64. The number of carboxylic acids is 1. The van der Waals surface area contributed by atoms with Crippen molar-refractivity contribution in [1.82, 2.24) is 4.98 Å². The van der Waals surface area contributed by atoms with Crippen molar-refractivity contribution in [3.8, 4) is 11.8 Å². The molecule has 0 aliphatic heterocycles. The summed E-state index contributed by atoms with van der Waals surface area (Å²) in [5.74, 6) is 3.86. The molecule has 4 atom stereocenters. The zero-order valence-corrected chi connectivity index (χ0v) is 16.7. The second-order valence-corrected chi connectivity index (χ2v) is 8.68. The van der Waals surface area contributed by atoms with Crippen LogP contribution in [-0.4, -0.2) is 22.0 Å². The number of thiazole rings is 1. The molecular weight excluding hydrogens is 396 g/mol. The number of hydrogen-bond donors (Lipinski definition) is 2. The van der Waals surface area contributed by atoms with Crippen molar-refractivity contribution in [1.29, 1.82) is 0 Å². The highest BCUT2D eigenvalue weighted by Crippen LogP contribution is 2.48. The lowest BCUT2D eigenvalue weighted by molar-refractivity contribution is -0.146. The molecule has 1 aromatic heterocycles. The van der Waals surface area contributed by atoms with Crippen LogP contribution in [0.4, 0.5) is 5.13 Å². The zero-order valence-electron chi connectivity index (χ0n) is 15.9. The first-order valence-corrected chi connectivity index (χ1v) is 10.6. The largest absolute Gasteiger partial charge is 0.481 e. The van der Waals surface area contributed by atoms with Gasteiger partial charge in [0.05, 0.1) is 22.1 Å². The van der Waals surface area contributed by atoms with Crippen LogP contribution in [0, 0.1) is 35.5 Å². The van der Waals surface area contributed by atoms with Gasteiger partial charge < -0.3 is 10.4 Å². The van der Waals surface area contributed by atoms with E-state index in [-0.39, 0.29) is 17.7 Å². The lowest BCUT2D eigenvalue weighted by Gasteiger charge is -2.23. The van der Waals surface area contributed by atoms with Gasteiger partial charge in [-0.3, -0.25) is 9.59 Å². The molecule has 2 bridgehead atoms. The molecule has 5 nitrogen and oxygen atoms in total. The lowest BCUT2D eigenvalue weighted by Crippen LogP contribution is -2.36. The van der Waals surface area contributed by atoms with E-state index >= 15 is 0 Å². The number of fused-ring (bicyclic) bond motifs is 3. The van der Waals surface area contributed by atoms with Gasteiger partial charge in [0.1, 0.15) is 0 Å². The summed E-state index contributed by atoms with van der Waals surface area (Å²) < 4.78 is 0.924. The highest BCUT2D eigenvalue weighted by molar-refractivity contribution is 7.22. The summed E-state index contributed by atoms with van der Waals surface area (Å²) in [6, 6.07) is 15.5. The van der Waals surface area contributed by atoms with Crippen molar-refractivity contribution in [3.63, 3.8) is 0 Å². The molecule has 2 aliphatic carbocycles. The summed E-state index contributed by atoms with van der Waals surface area (Å²) in [5.41, 5.74) is 2.60. The maximum atomic E-state index is 12.9. The number of allylic oxidation sites excluding steroid dienone is 2. The highest BCUT2D eigenvalue weighted by atomic mass is 32.1. The fourth-order valence-electron chi connectivity index (χ4n) is 4.43. The van der Waals surface area contributed by atoms with E-state index in [0.29, 0.717) is 5.13 Å². The summed E-state index contributed by atoms with van der Waals surface area (Å²) in [7, 11) is 0. The van der Waals surface area contributed by atoms with Crippen LogP contribution in [0.2, 0.25) is 0 Å². The number of carboxylic acid groups (broad SMARTS) is 1. The third-order valence-corrected chi connectivity index (χ3v) is 6.72. The molecule has 0 saturated heterocycles. The minimum absolute atomic E-state index is 0.00894. The molecule has 148 valence electrons. The normalized spacial score (nSPS) is 23.9. The summed E-state index contributed by atoms with van der Waals surface area (Å²) in [6.07, 6.45) is 4.64. The van der Waals surface area contributed by atoms with Crippen molar-refractivity contribution < 1.29 is 14.7 Å². The van der Waals surface area contributed by atoms with Crippen LogP contribution in [0.3, 0.4) is 0 Å². The first-order chi connectivity index (χ1) is 14.6. The topological polar surface area (TPSA) is 79.3 Å². The van der Waals surface area contributed by atoms with E-state index in [1.807, 2.05) is 60.7 Å². The average molecular weight is 414 g/mol. The monoisotopic (exact) mass is 414 g/mol. The van der Waals surface area contributed by atoms with E-state index in [1.165, 1.54) is 11.3 Å². The second kappa shape index (κ2) is 7.43. The number of aromatic nitrogens is 1. The van der Waals surface area contributed by atoms with Gasteiger partial charge in [0.2, 0.25) is 5.91 Å². The number of anilines is 1. The van der Waals surface area contributed by atoms with Crippen molar-refractivity contribution >= 4 is 38.6 Å². The molecule has 30 heavy (non-hydrogen) atoms. The molecule has 2 aliphatic rings. The molecule has 2 N–H and O–H groups in total. The number of amides is 1. The Bertz CT molecular complexity index is 1240. The number of rotatable bonds is 3. The number of benzene rings is 2. The minimum Gasteiger partial charge on any atom is -0.481 e. The Morgan fingerprint density at radius 1 is 1.00 bits per heavy atom. The van der Waals surface area contributed by atoms with Crippen LogP contribution in [0.5, 0.6) is 0 Å². The van der Waals surface area contributed by atoms with E-state index in [4.69, 9.17) is 0 Å². The van der Waals surface area contributed by atoms with E-state index in [2.05, 4.69) is 22.1 Å². The summed E-state index contributed by atoms with van der Waals surface area (Å²) >= 11 is 1.37. The van der Waals surface area contributed by atoms with E-state index < -0.39 is 17.8 Å². The van der Waals surface area contributed by atoms with Gasteiger partial charge >= 0.3 is 5.97 Å². The Kier molecular flexibility index (Phi) is 4.61. The third kappa shape index (κ3) is 3.38. The standard InChI is InChI=1S/C24H18N2O3S/c27-22(20-16-9-10-17(13-16)21(20)23(28)29)26-24-25-18-11-8-15(12-19(18)30-24)7-6-14-4-2-1-3-5-14/h1-5,8-12,16-17,20-21H,13H2,(H,28,29)(H,25,26,27)/t16?,17?,20-,21+/m1/s1. The Hall–Kier alpha value is -3.43. The molecule has 5 rings (SSSR count). The highest BCUT2D eigenvalue weighted by Gasteiger charge is 2.51. The Labute approximate surface area is 177 Å². The van der Waals surface area contributed by atoms with Gasteiger partial charge in [0.15, 0.2) is 5.13 Å². The Morgan fingerprint density at radius 2 is 1.73 bits per heavy atom. The van der Waals surface area contributed by atoms with E-state index in [1.54, 1.807) is 0 Å². The first kappa shape index (κ1) is 18.6. The molecule has 1 saturated carbocycles. The van der Waals surface area contributed by atoms with Gasteiger partial charge in [-0.1, -0.05) is 53.5 Å². The first-order valence-electron chi connectivity index (χ1n) is 9.78. The molecular formula is C24H18N2O3S. The summed E-state index contributed by atoms with van der Waals surface area (Å²) in [6.45, 7) is 0. The number of hydrogen-bond acceptors (Lipinski definition) is 4. The molecule has 1 amide bonds. The average Bonchev–Trinajstić information content (AvgIpc) is 3.46. The summed E-state index contributed by atoms with van der Waals surface area (Å²) in [5, 5.41) is 12.9. The van der Waals surface area contributed by atoms with Crippen molar-refractivity contribution in [2.24, 2.45) is 23.7 Å². The predicted octanol–water partition coefficient (Wildman–Crippen LogP) is 4.16. The fraction of sp³-hybridized carbons (Fsp3) is 0.208. The van der Waals surface area contributed by atoms with E-state index in [0.717, 1.165) is 27.8 Å². The molecule has 1 fully saturated rings. The lowest BCUT2D eigenvalue weighted by atomic mass is 9.82. The van der Waals surface area contributed by atoms with Gasteiger partial charge in [0, 0.05) is 11.1 Å². The van der Waals surface area contributed by atoms with Crippen LogP contribution in [-0.2, 0) is 9.59 Å². The predicted molar refractivity (Wildman–Crippen MR) is 116 cm³/mol. The maximum absolute atomic E-state index is 12.9. The van der Waals surface area contributed by atoms with Crippen molar-refractivity contribution in [3.05, 3.63) is 71.8 Å². The maximum Gasteiger partial charge on any atom is 0.307 e. The molecule has 0 radical (unpaired) electrons. The van der Waals surface area contributed by atoms with Crippen LogP contribution < -0.4 is 5.32 Å². The Balaban J connectivity index is 1.36. The van der Waals surface area contributed by atoms with Gasteiger partial charge in [-0.05, 0) is 48.6 Å². The molecule has 3 aromatic rings. The van der Waals surface area contributed by atoms with Gasteiger partial charge in [-0.2, -0.15) is 0 Å². The van der Waals surface area contributed by atoms with Crippen LogP contribution in [0.15, 0.2) is 60.7 Å². The zero-order chi connectivity index (χ0) is 20.7. The number of carbonyl (C=O) groups is 2. The fourth-order valence-corrected chi connectivity index (χ4v) is 5.33. The number of carbonyl (C=O) groups excluding carboxylic acids is 1.